The van der Waals surface area contributed by atoms with Crippen molar-refractivity contribution < 1.29 is 14.3 Å². The standard InChI is InChI=1S/C4H7NO3S/c1-2-8-3(6)4(7)9-5/h2,5H2,1H3. The van der Waals surface area contributed by atoms with Crippen molar-refractivity contribution in [3.05, 3.63) is 0 Å². The van der Waals surface area contributed by atoms with Crippen LogP contribution in [0.4, 0.5) is 0 Å². The number of carbonyl (C=O) groups is 2. The second-order valence-electron chi connectivity index (χ2n) is 1.13. The van der Waals surface area contributed by atoms with E-state index >= 15 is 0 Å². The molecule has 4 nitrogen and oxygen atoms in total. The largest absolute Gasteiger partial charge is 0.460 e. The number of carbonyl (C=O) groups excluding carboxylic acids is 2. The molecule has 0 fully saturated rings. The van der Waals surface area contributed by atoms with Gasteiger partial charge in [0.25, 0.3) is 0 Å². The summed E-state index contributed by atoms with van der Waals surface area (Å²) in [6.07, 6.45) is 0. The Morgan fingerprint density at radius 1 is 1.67 bits per heavy atom. The first-order valence-corrected chi connectivity index (χ1v) is 3.18. The van der Waals surface area contributed by atoms with Gasteiger partial charge in [-0.15, -0.1) is 0 Å². The molecule has 52 valence electrons. The molecule has 0 aliphatic carbocycles. The van der Waals surface area contributed by atoms with Crippen molar-refractivity contribution in [2.45, 2.75) is 6.92 Å². The lowest BCUT2D eigenvalue weighted by Gasteiger charge is -1.94. The molecule has 9 heavy (non-hydrogen) atoms. The highest BCUT2D eigenvalue weighted by Gasteiger charge is 2.12. The lowest BCUT2D eigenvalue weighted by molar-refractivity contribution is -0.149. The lowest BCUT2D eigenvalue weighted by atomic mass is 10.7. The van der Waals surface area contributed by atoms with E-state index in [0.717, 1.165) is 0 Å². The smallest absolute Gasteiger partial charge is 0.387 e. The Morgan fingerprint density at radius 3 is 2.56 bits per heavy atom. The molecule has 0 aromatic heterocycles. The zero-order valence-corrected chi connectivity index (χ0v) is 5.73. The SMILES string of the molecule is CCOC(=O)C(=O)SN. The zero-order valence-electron chi connectivity index (χ0n) is 4.92. The van der Waals surface area contributed by atoms with E-state index in [1.807, 2.05) is 0 Å². The van der Waals surface area contributed by atoms with Gasteiger partial charge in [0, 0.05) is 11.9 Å². The van der Waals surface area contributed by atoms with Gasteiger partial charge in [0.1, 0.15) is 0 Å². The highest BCUT2D eigenvalue weighted by atomic mass is 32.2. The molecule has 0 radical (unpaired) electrons. The van der Waals surface area contributed by atoms with Gasteiger partial charge in [-0.2, -0.15) is 0 Å². The predicted octanol–water partition coefficient (Wildman–Crippen LogP) is -0.317. The number of hydrogen-bond donors (Lipinski definition) is 1. The second-order valence-corrected chi connectivity index (χ2v) is 1.73. The number of ether oxygens (including phenoxy) is 1. The molecule has 2 N–H and O–H groups in total. The Morgan fingerprint density at radius 2 is 2.22 bits per heavy atom. The number of esters is 1. The Labute approximate surface area is 56.9 Å². The van der Waals surface area contributed by atoms with E-state index in [1.165, 1.54) is 0 Å². The molecular weight excluding hydrogens is 142 g/mol. The van der Waals surface area contributed by atoms with E-state index in [2.05, 4.69) is 4.74 Å². The van der Waals surface area contributed by atoms with Gasteiger partial charge in [-0.1, -0.05) is 0 Å². The molecule has 0 unspecified atom stereocenters. The van der Waals surface area contributed by atoms with Crippen LogP contribution in [0.25, 0.3) is 0 Å². The minimum atomic E-state index is -0.884. The third kappa shape index (κ3) is 3.10. The second kappa shape index (κ2) is 4.34. The minimum absolute atomic E-state index is 0.200. The first-order chi connectivity index (χ1) is 4.22. The summed E-state index contributed by atoms with van der Waals surface area (Å²) in [7, 11) is 0. The average molecular weight is 149 g/mol. The Hall–Kier alpha value is -0.550. The van der Waals surface area contributed by atoms with Gasteiger partial charge >= 0.3 is 11.1 Å². The highest BCUT2D eigenvalue weighted by molar-refractivity contribution is 8.13. The summed E-state index contributed by atoms with van der Waals surface area (Å²) >= 11 is 0.359. The number of rotatable bonds is 1. The summed E-state index contributed by atoms with van der Waals surface area (Å²) in [4.78, 5) is 20.6. The molecule has 0 aliphatic rings. The van der Waals surface area contributed by atoms with Crippen molar-refractivity contribution in [3.8, 4) is 0 Å². The fourth-order valence-corrected chi connectivity index (χ4v) is 0.393. The first kappa shape index (κ1) is 8.45. The van der Waals surface area contributed by atoms with Crippen molar-refractivity contribution in [2.75, 3.05) is 6.61 Å². The van der Waals surface area contributed by atoms with Gasteiger partial charge in [0.15, 0.2) is 0 Å². The van der Waals surface area contributed by atoms with Gasteiger partial charge in [-0.05, 0) is 6.92 Å². The fraction of sp³-hybridized carbons (Fsp3) is 0.500. The third-order valence-corrected chi connectivity index (χ3v) is 0.930. The average Bonchev–Trinajstić information content (AvgIpc) is 1.87. The lowest BCUT2D eigenvalue weighted by Crippen LogP contribution is -2.15. The molecule has 0 spiro atoms. The summed E-state index contributed by atoms with van der Waals surface area (Å²) in [6.45, 7) is 1.82. The topological polar surface area (TPSA) is 69.4 Å². The summed E-state index contributed by atoms with van der Waals surface area (Å²) < 4.78 is 4.31. The minimum Gasteiger partial charge on any atom is -0.460 e. The van der Waals surface area contributed by atoms with Gasteiger partial charge in [0.05, 0.1) is 6.61 Å². The van der Waals surface area contributed by atoms with Crippen LogP contribution in [0.15, 0.2) is 0 Å². The van der Waals surface area contributed by atoms with E-state index in [0.29, 0.717) is 11.9 Å². The Kier molecular flexibility index (Phi) is 4.08. The molecule has 0 heterocycles. The van der Waals surface area contributed by atoms with Crippen LogP contribution >= 0.6 is 11.9 Å². The van der Waals surface area contributed by atoms with Crippen molar-refractivity contribution in [2.24, 2.45) is 5.14 Å². The highest BCUT2D eigenvalue weighted by Crippen LogP contribution is 1.91. The molecule has 0 atom stereocenters. The van der Waals surface area contributed by atoms with Crippen LogP contribution in [0, 0.1) is 0 Å². The molecule has 0 aromatic rings. The van der Waals surface area contributed by atoms with Crippen LogP contribution in [0.5, 0.6) is 0 Å². The number of hydrogen-bond acceptors (Lipinski definition) is 5. The molecule has 5 heteroatoms. The van der Waals surface area contributed by atoms with Gasteiger partial charge in [-0.25, -0.2) is 4.79 Å². The van der Waals surface area contributed by atoms with Crippen LogP contribution in [-0.2, 0) is 14.3 Å². The zero-order chi connectivity index (χ0) is 7.28. The monoisotopic (exact) mass is 149 g/mol. The summed E-state index contributed by atoms with van der Waals surface area (Å²) in [6, 6.07) is 0. The fourth-order valence-electron chi connectivity index (χ4n) is 0.238. The van der Waals surface area contributed by atoms with E-state index < -0.39 is 11.1 Å². The molecule has 0 aliphatic heterocycles. The maximum atomic E-state index is 10.3. The molecule has 0 rings (SSSR count). The molecule has 0 aromatic carbocycles. The van der Waals surface area contributed by atoms with Crippen molar-refractivity contribution in [1.29, 1.82) is 0 Å². The third-order valence-electron chi connectivity index (χ3n) is 0.549. The summed E-state index contributed by atoms with van der Waals surface area (Å²) in [5.41, 5.74) is 0. The predicted molar refractivity (Wildman–Crippen MR) is 33.4 cm³/mol. The van der Waals surface area contributed by atoms with Crippen molar-refractivity contribution in [1.82, 2.24) is 0 Å². The van der Waals surface area contributed by atoms with Crippen LogP contribution in [0.2, 0.25) is 0 Å². The molecule has 0 saturated heterocycles. The molecule has 0 bridgehead atoms. The molecule has 0 amide bonds. The van der Waals surface area contributed by atoms with E-state index in [1.54, 1.807) is 6.92 Å². The normalized spacial score (nSPS) is 8.67. The van der Waals surface area contributed by atoms with Crippen LogP contribution in [-0.4, -0.2) is 17.7 Å². The van der Waals surface area contributed by atoms with Gasteiger partial charge < -0.3 is 4.74 Å². The quantitative estimate of drug-likeness (QED) is 0.314. The number of nitrogens with two attached hydrogens (primary N) is 1. The van der Waals surface area contributed by atoms with Crippen molar-refractivity contribution in [3.63, 3.8) is 0 Å². The first-order valence-electron chi connectivity index (χ1n) is 2.30. The van der Waals surface area contributed by atoms with Crippen LogP contribution < -0.4 is 5.14 Å². The Bertz CT molecular complexity index is 125. The van der Waals surface area contributed by atoms with Gasteiger partial charge in [-0.3, -0.25) is 9.93 Å². The van der Waals surface area contributed by atoms with Gasteiger partial charge in [0.2, 0.25) is 0 Å². The van der Waals surface area contributed by atoms with Crippen LogP contribution in [0.3, 0.4) is 0 Å². The van der Waals surface area contributed by atoms with Crippen molar-refractivity contribution >= 4 is 23.0 Å². The van der Waals surface area contributed by atoms with E-state index in [9.17, 15) is 9.59 Å². The Balaban J connectivity index is 3.60. The molecular formula is C4H7NO3S. The maximum Gasteiger partial charge on any atom is 0.387 e. The summed E-state index contributed by atoms with van der Waals surface area (Å²) in [5.74, 6) is -0.884. The summed E-state index contributed by atoms with van der Waals surface area (Å²) in [5, 5.41) is 4.00. The van der Waals surface area contributed by atoms with E-state index in [4.69, 9.17) is 5.14 Å². The molecule has 0 saturated carbocycles. The maximum absolute atomic E-state index is 10.3. The van der Waals surface area contributed by atoms with Crippen LogP contribution in [0.1, 0.15) is 6.92 Å². The van der Waals surface area contributed by atoms with E-state index in [-0.39, 0.29) is 6.61 Å².